The Morgan fingerprint density at radius 2 is 1.46 bits per heavy atom. The van der Waals surface area contributed by atoms with Crippen LogP contribution in [-0.4, -0.2) is 4.98 Å². The zero-order valence-electron chi connectivity index (χ0n) is 14.9. The highest BCUT2D eigenvalue weighted by molar-refractivity contribution is 5.68. The number of nitrogens with two attached hydrogens (primary N) is 3. The molecule has 134 valence electrons. The molecular weight excluding hydrogens is 320 g/mol. The van der Waals surface area contributed by atoms with Crippen molar-refractivity contribution >= 4 is 17.3 Å². The zero-order valence-corrected chi connectivity index (χ0v) is 14.9. The lowest BCUT2D eigenvalue weighted by atomic mass is 9.86. The summed E-state index contributed by atoms with van der Waals surface area (Å²) in [5.41, 5.74) is 22.2. The Hall–Kier alpha value is -3.01. The number of rotatable bonds is 7. The Morgan fingerprint density at radius 1 is 0.808 bits per heavy atom. The molecule has 3 rings (SSSR count). The minimum atomic E-state index is 0.166. The largest absolute Gasteiger partial charge is 0.396 e. The van der Waals surface area contributed by atoms with Gasteiger partial charge >= 0.3 is 0 Å². The third-order valence-electron chi connectivity index (χ3n) is 4.77. The van der Waals surface area contributed by atoms with Crippen LogP contribution in [0.5, 0.6) is 0 Å². The molecule has 0 radical (unpaired) electrons. The monoisotopic (exact) mass is 346 g/mol. The topological polar surface area (TPSA) is 91.0 Å². The second kappa shape index (κ2) is 8.39. The lowest BCUT2D eigenvalue weighted by Crippen LogP contribution is -2.10. The molecular formula is C22H26N4. The molecule has 4 nitrogen and oxygen atoms in total. The number of aromatic nitrogens is 1. The first-order valence-corrected chi connectivity index (χ1v) is 9.05. The van der Waals surface area contributed by atoms with Crippen LogP contribution in [0.15, 0.2) is 66.7 Å². The lowest BCUT2D eigenvalue weighted by Gasteiger charge is -2.21. The normalized spacial score (nSPS) is 12.0. The van der Waals surface area contributed by atoms with E-state index in [2.05, 4.69) is 59.6 Å². The summed E-state index contributed by atoms with van der Waals surface area (Å²) in [5.74, 6) is 0.890. The lowest BCUT2D eigenvalue weighted by molar-refractivity contribution is 0.627. The average Bonchev–Trinajstić information content (AvgIpc) is 2.66. The first-order chi connectivity index (χ1) is 12.6. The van der Waals surface area contributed by atoms with E-state index in [4.69, 9.17) is 17.2 Å². The van der Waals surface area contributed by atoms with Crippen molar-refractivity contribution < 1.29 is 0 Å². The van der Waals surface area contributed by atoms with Crippen molar-refractivity contribution in [3.8, 4) is 0 Å². The van der Waals surface area contributed by atoms with Crippen LogP contribution in [0.2, 0.25) is 0 Å². The van der Waals surface area contributed by atoms with Crippen LogP contribution in [-0.2, 0) is 6.42 Å². The van der Waals surface area contributed by atoms with E-state index in [1.165, 1.54) is 11.1 Å². The fraction of sp³-hybridized carbons (Fsp3) is 0.227. The second-order valence-electron chi connectivity index (χ2n) is 6.63. The molecule has 1 unspecified atom stereocenters. The summed E-state index contributed by atoms with van der Waals surface area (Å²) in [6, 6.07) is 22.8. The van der Waals surface area contributed by atoms with Gasteiger partial charge in [0.1, 0.15) is 11.6 Å². The minimum Gasteiger partial charge on any atom is -0.396 e. The molecule has 1 atom stereocenters. The summed E-state index contributed by atoms with van der Waals surface area (Å²) in [7, 11) is 0. The molecule has 0 aliphatic rings. The predicted octanol–water partition coefficient (Wildman–Crippen LogP) is 4.37. The highest BCUT2D eigenvalue weighted by Crippen LogP contribution is 2.36. The SMILES string of the molecule is Nc1cc(C(CCCCc2ccccc2)c2ccccc2)c(N)c(N)n1. The van der Waals surface area contributed by atoms with Crippen LogP contribution in [0, 0.1) is 0 Å². The summed E-state index contributed by atoms with van der Waals surface area (Å²) in [6.07, 6.45) is 4.29. The van der Waals surface area contributed by atoms with Gasteiger partial charge in [-0.05, 0) is 42.0 Å². The molecule has 4 heteroatoms. The van der Waals surface area contributed by atoms with Gasteiger partial charge in [-0.3, -0.25) is 0 Å². The van der Waals surface area contributed by atoms with Crippen molar-refractivity contribution in [2.24, 2.45) is 0 Å². The number of anilines is 3. The van der Waals surface area contributed by atoms with Gasteiger partial charge in [0.05, 0.1) is 5.69 Å². The van der Waals surface area contributed by atoms with E-state index in [9.17, 15) is 0 Å². The van der Waals surface area contributed by atoms with E-state index < -0.39 is 0 Å². The summed E-state index contributed by atoms with van der Waals surface area (Å²) in [5, 5.41) is 0. The average molecular weight is 346 g/mol. The summed E-state index contributed by atoms with van der Waals surface area (Å²) in [4.78, 5) is 4.08. The molecule has 0 aliphatic heterocycles. The molecule has 0 spiro atoms. The van der Waals surface area contributed by atoms with Gasteiger partial charge < -0.3 is 17.2 Å². The maximum atomic E-state index is 6.24. The van der Waals surface area contributed by atoms with Crippen LogP contribution in [0.4, 0.5) is 17.3 Å². The predicted molar refractivity (Wildman–Crippen MR) is 110 cm³/mol. The number of unbranched alkanes of at least 4 members (excludes halogenated alkanes) is 1. The molecule has 6 N–H and O–H groups in total. The van der Waals surface area contributed by atoms with Gasteiger partial charge in [-0.2, -0.15) is 0 Å². The Labute approximate surface area is 155 Å². The fourth-order valence-corrected chi connectivity index (χ4v) is 3.41. The Kier molecular flexibility index (Phi) is 5.74. The summed E-state index contributed by atoms with van der Waals surface area (Å²) >= 11 is 0. The van der Waals surface area contributed by atoms with Crippen molar-refractivity contribution in [1.82, 2.24) is 4.98 Å². The van der Waals surface area contributed by atoms with Crippen molar-refractivity contribution in [2.75, 3.05) is 17.2 Å². The van der Waals surface area contributed by atoms with Gasteiger partial charge in [0.2, 0.25) is 0 Å². The van der Waals surface area contributed by atoms with E-state index in [0.717, 1.165) is 31.2 Å². The maximum Gasteiger partial charge on any atom is 0.149 e. The number of hydrogen-bond donors (Lipinski definition) is 3. The van der Waals surface area contributed by atoms with Crippen LogP contribution < -0.4 is 17.2 Å². The van der Waals surface area contributed by atoms with E-state index >= 15 is 0 Å². The van der Waals surface area contributed by atoms with Crippen LogP contribution in [0.25, 0.3) is 0 Å². The van der Waals surface area contributed by atoms with Gasteiger partial charge in [0.25, 0.3) is 0 Å². The standard InChI is InChI=1S/C22H26N4/c23-20-15-19(21(24)22(25)26-20)18(17-12-5-2-6-13-17)14-8-7-11-16-9-3-1-4-10-16/h1-6,9-10,12-13,15,18H,7-8,11,14,24H2,(H4,23,25,26). The second-order valence-corrected chi connectivity index (χ2v) is 6.63. The molecule has 1 aromatic heterocycles. The van der Waals surface area contributed by atoms with E-state index in [1.807, 2.05) is 12.1 Å². The Balaban J connectivity index is 1.77. The molecule has 26 heavy (non-hydrogen) atoms. The molecule has 3 aromatic rings. The molecule has 0 amide bonds. The molecule has 1 heterocycles. The fourth-order valence-electron chi connectivity index (χ4n) is 3.41. The highest BCUT2D eigenvalue weighted by atomic mass is 14.9. The minimum absolute atomic E-state index is 0.166. The maximum absolute atomic E-state index is 6.24. The molecule has 0 fully saturated rings. The first-order valence-electron chi connectivity index (χ1n) is 9.05. The number of pyridine rings is 1. The molecule has 0 saturated heterocycles. The van der Waals surface area contributed by atoms with Crippen molar-refractivity contribution in [3.63, 3.8) is 0 Å². The molecule has 2 aromatic carbocycles. The van der Waals surface area contributed by atoms with Crippen molar-refractivity contribution in [1.29, 1.82) is 0 Å². The zero-order chi connectivity index (χ0) is 18.4. The number of aryl methyl sites for hydroxylation is 1. The van der Waals surface area contributed by atoms with E-state index in [0.29, 0.717) is 17.3 Å². The van der Waals surface area contributed by atoms with Gasteiger partial charge in [-0.15, -0.1) is 0 Å². The van der Waals surface area contributed by atoms with Crippen LogP contribution in [0.3, 0.4) is 0 Å². The number of benzene rings is 2. The number of hydrogen-bond acceptors (Lipinski definition) is 4. The Morgan fingerprint density at radius 3 is 2.15 bits per heavy atom. The van der Waals surface area contributed by atoms with Crippen molar-refractivity contribution in [2.45, 2.75) is 31.6 Å². The highest BCUT2D eigenvalue weighted by Gasteiger charge is 2.19. The Bertz CT molecular complexity index is 832. The van der Waals surface area contributed by atoms with Gasteiger partial charge in [-0.25, -0.2) is 4.98 Å². The first kappa shape index (κ1) is 17.8. The quantitative estimate of drug-likeness (QED) is 0.554. The van der Waals surface area contributed by atoms with Crippen LogP contribution >= 0.6 is 0 Å². The summed E-state index contributed by atoms with van der Waals surface area (Å²) < 4.78 is 0. The van der Waals surface area contributed by atoms with Gasteiger partial charge in [0, 0.05) is 5.92 Å². The number of nitrogen functional groups attached to an aromatic ring is 3. The molecule has 0 aliphatic carbocycles. The van der Waals surface area contributed by atoms with E-state index in [-0.39, 0.29) is 5.92 Å². The molecule has 0 saturated carbocycles. The summed E-state index contributed by atoms with van der Waals surface area (Å²) in [6.45, 7) is 0. The number of nitrogens with zero attached hydrogens (tertiary/aromatic N) is 1. The van der Waals surface area contributed by atoms with Crippen molar-refractivity contribution in [3.05, 3.63) is 83.4 Å². The van der Waals surface area contributed by atoms with E-state index in [1.54, 1.807) is 0 Å². The molecule has 0 bridgehead atoms. The van der Waals surface area contributed by atoms with Crippen LogP contribution in [0.1, 0.15) is 41.9 Å². The smallest absolute Gasteiger partial charge is 0.149 e. The van der Waals surface area contributed by atoms with Gasteiger partial charge in [0.15, 0.2) is 0 Å². The van der Waals surface area contributed by atoms with Gasteiger partial charge in [-0.1, -0.05) is 67.1 Å². The third kappa shape index (κ3) is 4.33. The third-order valence-corrected chi connectivity index (χ3v) is 4.77.